The molecule has 0 aliphatic rings. The summed E-state index contributed by atoms with van der Waals surface area (Å²) in [4.78, 5) is 10.2. The number of benzene rings is 3. The van der Waals surface area contributed by atoms with Gasteiger partial charge in [-0.2, -0.15) is 0 Å². The Morgan fingerprint density at radius 3 is 2.16 bits per heavy atom. The van der Waals surface area contributed by atoms with Crippen molar-refractivity contribution >= 4 is 37.1 Å². The molecular formula is C20H19N3O6S2. The van der Waals surface area contributed by atoms with Gasteiger partial charge in [0.2, 0.25) is 10.0 Å². The summed E-state index contributed by atoms with van der Waals surface area (Å²) < 4.78 is 54.7. The predicted octanol–water partition coefficient (Wildman–Crippen LogP) is 3.65. The highest BCUT2D eigenvalue weighted by molar-refractivity contribution is 7.92. The molecule has 2 N–H and O–H groups in total. The second-order valence-electron chi connectivity index (χ2n) is 6.79. The SMILES string of the molecule is Cc1cccc(NS(=O)(=O)c2ccc(NS(=O)(=O)Cc3cccc([N+](=O)[O-])c3)cc2)c1. The highest BCUT2D eigenvalue weighted by Crippen LogP contribution is 2.21. The first kappa shape index (κ1) is 22.2. The van der Waals surface area contributed by atoms with Gasteiger partial charge < -0.3 is 0 Å². The third kappa shape index (κ3) is 6.03. The van der Waals surface area contributed by atoms with Crippen LogP contribution in [0.2, 0.25) is 0 Å². The van der Waals surface area contributed by atoms with Gasteiger partial charge in [-0.25, -0.2) is 16.8 Å². The smallest absolute Gasteiger partial charge is 0.269 e. The second-order valence-corrected chi connectivity index (χ2v) is 10.2. The van der Waals surface area contributed by atoms with Crippen LogP contribution in [0.1, 0.15) is 11.1 Å². The fourth-order valence-electron chi connectivity index (χ4n) is 2.82. The number of nitro groups is 1. The normalized spacial score (nSPS) is 11.6. The zero-order valence-electron chi connectivity index (χ0n) is 16.3. The topological polar surface area (TPSA) is 135 Å². The fraction of sp³-hybridized carbons (Fsp3) is 0.100. The van der Waals surface area contributed by atoms with Gasteiger partial charge in [0, 0.05) is 23.5 Å². The molecule has 0 aliphatic heterocycles. The average molecular weight is 462 g/mol. The first-order valence-electron chi connectivity index (χ1n) is 8.97. The standard InChI is InChI=1S/C20H19N3O6S2/c1-15-4-2-6-18(12-15)22-31(28,29)20-10-8-17(9-11-20)21-30(26,27)14-16-5-3-7-19(13-16)23(24)25/h2-13,21-22H,14H2,1H3. The molecule has 0 saturated carbocycles. The summed E-state index contributed by atoms with van der Waals surface area (Å²) in [7, 11) is -7.71. The van der Waals surface area contributed by atoms with Crippen molar-refractivity contribution in [2.24, 2.45) is 0 Å². The molecule has 0 amide bonds. The molecule has 0 heterocycles. The van der Waals surface area contributed by atoms with Crippen LogP contribution in [0.25, 0.3) is 0 Å². The Kier molecular flexibility index (Phi) is 6.27. The number of hydrogen-bond acceptors (Lipinski definition) is 6. The van der Waals surface area contributed by atoms with Crippen molar-refractivity contribution < 1.29 is 21.8 Å². The Labute approximate surface area is 180 Å². The van der Waals surface area contributed by atoms with Gasteiger partial charge in [-0.05, 0) is 54.4 Å². The van der Waals surface area contributed by atoms with Crippen molar-refractivity contribution in [3.05, 3.63) is 94.0 Å². The van der Waals surface area contributed by atoms with E-state index < -0.39 is 30.7 Å². The molecule has 0 aromatic heterocycles. The number of sulfonamides is 2. The van der Waals surface area contributed by atoms with E-state index in [-0.39, 0.29) is 21.8 Å². The Bertz CT molecular complexity index is 1320. The van der Waals surface area contributed by atoms with Crippen LogP contribution in [0.4, 0.5) is 17.1 Å². The Morgan fingerprint density at radius 1 is 0.839 bits per heavy atom. The van der Waals surface area contributed by atoms with Crippen LogP contribution in [0.15, 0.2) is 77.7 Å². The Hall–Kier alpha value is -3.44. The Morgan fingerprint density at radius 2 is 1.52 bits per heavy atom. The van der Waals surface area contributed by atoms with Gasteiger partial charge >= 0.3 is 0 Å². The number of non-ortho nitro benzene ring substituents is 1. The fourth-order valence-corrected chi connectivity index (χ4v) is 5.05. The van der Waals surface area contributed by atoms with E-state index in [9.17, 15) is 26.9 Å². The molecule has 9 nitrogen and oxygen atoms in total. The highest BCUT2D eigenvalue weighted by Gasteiger charge is 2.17. The first-order valence-corrected chi connectivity index (χ1v) is 12.1. The van der Waals surface area contributed by atoms with E-state index in [2.05, 4.69) is 9.44 Å². The summed E-state index contributed by atoms with van der Waals surface area (Å²) in [6, 6.07) is 17.4. The van der Waals surface area contributed by atoms with E-state index in [0.29, 0.717) is 5.69 Å². The number of hydrogen-bond donors (Lipinski definition) is 2. The highest BCUT2D eigenvalue weighted by atomic mass is 32.2. The quantitative estimate of drug-likeness (QED) is 0.388. The molecule has 11 heteroatoms. The van der Waals surface area contributed by atoms with E-state index in [0.717, 1.165) is 5.56 Å². The van der Waals surface area contributed by atoms with Crippen LogP contribution in [0.3, 0.4) is 0 Å². The van der Waals surface area contributed by atoms with Crippen molar-refractivity contribution in [3.8, 4) is 0 Å². The van der Waals surface area contributed by atoms with Gasteiger partial charge in [0.25, 0.3) is 15.7 Å². The third-order valence-electron chi connectivity index (χ3n) is 4.19. The van der Waals surface area contributed by atoms with Crippen molar-refractivity contribution in [1.29, 1.82) is 0 Å². The summed E-state index contributed by atoms with van der Waals surface area (Å²) in [6.45, 7) is 1.84. The lowest BCUT2D eigenvalue weighted by atomic mass is 10.2. The van der Waals surface area contributed by atoms with Crippen molar-refractivity contribution in [3.63, 3.8) is 0 Å². The lowest BCUT2D eigenvalue weighted by Crippen LogP contribution is -2.16. The predicted molar refractivity (Wildman–Crippen MR) is 118 cm³/mol. The zero-order chi connectivity index (χ0) is 22.6. The maximum atomic E-state index is 12.5. The van der Waals surface area contributed by atoms with E-state index in [4.69, 9.17) is 0 Å². The van der Waals surface area contributed by atoms with E-state index >= 15 is 0 Å². The first-order chi connectivity index (χ1) is 14.5. The van der Waals surface area contributed by atoms with Crippen LogP contribution in [-0.4, -0.2) is 21.8 Å². The van der Waals surface area contributed by atoms with Crippen molar-refractivity contribution in [1.82, 2.24) is 0 Å². The van der Waals surface area contributed by atoms with Crippen LogP contribution < -0.4 is 9.44 Å². The van der Waals surface area contributed by atoms with Gasteiger partial charge in [-0.1, -0.05) is 24.3 Å². The number of anilines is 2. The van der Waals surface area contributed by atoms with Crippen molar-refractivity contribution in [2.75, 3.05) is 9.44 Å². The number of rotatable bonds is 8. The van der Waals surface area contributed by atoms with Gasteiger partial charge in [-0.15, -0.1) is 0 Å². The molecule has 3 aromatic carbocycles. The van der Waals surface area contributed by atoms with Crippen LogP contribution in [-0.2, 0) is 25.8 Å². The molecule has 0 atom stereocenters. The average Bonchev–Trinajstić information content (AvgIpc) is 2.67. The molecule has 3 aromatic rings. The molecule has 0 bridgehead atoms. The van der Waals surface area contributed by atoms with E-state index in [1.54, 1.807) is 18.2 Å². The van der Waals surface area contributed by atoms with Gasteiger partial charge in [0.1, 0.15) is 0 Å². The van der Waals surface area contributed by atoms with Crippen LogP contribution >= 0.6 is 0 Å². The third-order valence-corrected chi connectivity index (χ3v) is 6.84. The molecule has 0 unspecified atom stereocenters. The maximum absolute atomic E-state index is 12.5. The number of nitrogens with one attached hydrogen (secondary N) is 2. The summed E-state index contributed by atoms with van der Waals surface area (Å²) in [5, 5.41) is 10.8. The minimum absolute atomic E-state index is 0.0318. The number of nitrogens with zero attached hydrogens (tertiary/aromatic N) is 1. The molecule has 0 aliphatic carbocycles. The summed E-state index contributed by atoms with van der Waals surface area (Å²) >= 11 is 0. The maximum Gasteiger partial charge on any atom is 0.269 e. The van der Waals surface area contributed by atoms with E-state index in [1.807, 2.05) is 13.0 Å². The lowest BCUT2D eigenvalue weighted by molar-refractivity contribution is -0.384. The van der Waals surface area contributed by atoms with Crippen molar-refractivity contribution in [2.45, 2.75) is 17.6 Å². The molecule has 0 spiro atoms. The molecule has 162 valence electrons. The minimum atomic E-state index is -3.87. The largest absolute Gasteiger partial charge is 0.283 e. The summed E-state index contributed by atoms with van der Waals surface area (Å²) in [6.07, 6.45) is 0. The molecule has 0 fully saturated rings. The van der Waals surface area contributed by atoms with Crippen LogP contribution in [0, 0.1) is 17.0 Å². The minimum Gasteiger partial charge on any atom is -0.283 e. The summed E-state index contributed by atoms with van der Waals surface area (Å²) in [5.74, 6) is -0.469. The van der Waals surface area contributed by atoms with E-state index in [1.165, 1.54) is 48.5 Å². The molecule has 3 rings (SSSR count). The number of aryl methyl sites for hydroxylation is 1. The van der Waals surface area contributed by atoms with Gasteiger partial charge in [0.15, 0.2) is 0 Å². The van der Waals surface area contributed by atoms with Gasteiger partial charge in [-0.3, -0.25) is 19.6 Å². The molecule has 0 saturated heterocycles. The molecule has 0 radical (unpaired) electrons. The number of nitro benzene ring substituents is 1. The second kappa shape index (κ2) is 8.74. The summed E-state index contributed by atoms with van der Waals surface area (Å²) in [5.41, 5.74) is 1.53. The van der Waals surface area contributed by atoms with Gasteiger partial charge in [0.05, 0.1) is 15.6 Å². The molecular weight excluding hydrogens is 442 g/mol. The lowest BCUT2D eigenvalue weighted by Gasteiger charge is -2.11. The van der Waals surface area contributed by atoms with Crippen LogP contribution in [0.5, 0.6) is 0 Å². The zero-order valence-corrected chi connectivity index (χ0v) is 18.0. The monoisotopic (exact) mass is 461 g/mol. The molecule has 31 heavy (non-hydrogen) atoms. The Balaban J connectivity index is 1.72.